The van der Waals surface area contributed by atoms with Gasteiger partial charge >= 0.3 is 0 Å². The monoisotopic (exact) mass is 303 g/mol. The fraction of sp³-hybridized carbons (Fsp3) is 0.267. The maximum Gasteiger partial charge on any atom is 0.274 e. The first-order chi connectivity index (χ1) is 9.97. The van der Waals surface area contributed by atoms with Gasteiger partial charge in [0.05, 0.1) is 17.9 Å². The number of H-pyrrole nitrogens is 1. The van der Waals surface area contributed by atoms with E-state index in [0.717, 1.165) is 11.3 Å². The molecule has 0 aliphatic rings. The molecule has 0 aliphatic heterocycles. The third kappa shape index (κ3) is 3.88. The van der Waals surface area contributed by atoms with E-state index in [0.29, 0.717) is 18.2 Å². The van der Waals surface area contributed by atoms with Gasteiger partial charge in [-0.1, -0.05) is 38.2 Å². The Morgan fingerprint density at radius 3 is 2.86 bits per heavy atom. The molecule has 0 unspecified atom stereocenters. The van der Waals surface area contributed by atoms with Gasteiger partial charge in [0.1, 0.15) is 10.7 Å². The molecule has 0 fully saturated rings. The van der Waals surface area contributed by atoms with Crippen LogP contribution in [0, 0.1) is 5.92 Å². The highest BCUT2D eigenvalue weighted by atomic mass is 32.1. The molecule has 0 aliphatic carbocycles. The second-order valence-corrected chi connectivity index (χ2v) is 5.53. The molecule has 3 N–H and O–H groups in total. The molecule has 0 amide bonds. The normalized spacial score (nSPS) is 10.6. The van der Waals surface area contributed by atoms with Crippen molar-refractivity contribution in [1.82, 2.24) is 10.2 Å². The lowest BCUT2D eigenvalue weighted by Gasteiger charge is -2.10. The zero-order chi connectivity index (χ0) is 15.4. The lowest BCUT2D eigenvalue weighted by molar-refractivity contribution is 0.271. The van der Waals surface area contributed by atoms with Crippen molar-refractivity contribution in [2.75, 3.05) is 6.61 Å². The molecule has 1 aromatic carbocycles. The Kier molecular flexibility index (Phi) is 4.70. The molecule has 0 radical (unpaired) electrons. The van der Waals surface area contributed by atoms with Crippen LogP contribution in [0.4, 0.5) is 0 Å². The number of aromatic nitrogens is 2. The molecule has 0 bridgehead atoms. The Labute approximate surface area is 128 Å². The highest BCUT2D eigenvalue weighted by Crippen LogP contribution is 2.22. The molecular weight excluding hydrogens is 286 g/mol. The van der Waals surface area contributed by atoms with Crippen LogP contribution in [0.25, 0.3) is 11.3 Å². The van der Waals surface area contributed by atoms with Crippen molar-refractivity contribution in [1.29, 1.82) is 0 Å². The topological polar surface area (TPSA) is 81.0 Å². The van der Waals surface area contributed by atoms with Crippen molar-refractivity contribution in [3.05, 3.63) is 46.2 Å². The number of nitrogens with one attached hydrogen (secondary N) is 1. The average Bonchev–Trinajstić information content (AvgIpc) is 2.45. The van der Waals surface area contributed by atoms with Gasteiger partial charge < -0.3 is 10.5 Å². The van der Waals surface area contributed by atoms with E-state index in [2.05, 4.69) is 24.0 Å². The number of hydrogen-bond donors (Lipinski definition) is 2. The Bertz CT molecular complexity index is 710. The third-order valence-electron chi connectivity index (χ3n) is 2.78. The van der Waals surface area contributed by atoms with E-state index in [1.165, 1.54) is 0 Å². The summed E-state index contributed by atoms with van der Waals surface area (Å²) in [4.78, 5) is 11.6. The fourth-order valence-corrected chi connectivity index (χ4v) is 1.90. The van der Waals surface area contributed by atoms with Crippen molar-refractivity contribution < 1.29 is 4.74 Å². The van der Waals surface area contributed by atoms with Crippen LogP contribution in [0.5, 0.6) is 5.75 Å². The van der Waals surface area contributed by atoms with Crippen LogP contribution in [0.3, 0.4) is 0 Å². The van der Waals surface area contributed by atoms with E-state index in [4.69, 9.17) is 22.7 Å². The van der Waals surface area contributed by atoms with Gasteiger partial charge in [0, 0.05) is 5.56 Å². The van der Waals surface area contributed by atoms with E-state index >= 15 is 0 Å². The van der Waals surface area contributed by atoms with Crippen LogP contribution in [-0.4, -0.2) is 21.8 Å². The molecule has 1 aromatic heterocycles. The molecule has 0 saturated heterocycles. The van der Waals surface area contributed by atoms with Crippen LogP contribution < -0.4 is 16.0 Å². The Morgan fingerprint density at radius 1 is 1.43 bits per heavy atom. The van der Waals surface area contributed by atoms with Gasteiger partial charge in [0.2, 0.25) is 0 Å². The van der Waals surface area contributed by atoms with Crippen molar-refractivity contribution >= 4 is 17.2 Å². The lowest BCUT2D eigenvalue weighted by Crippen LogP contribution is -2.23. The maximum absolute atomic E-state index is 11.6. The molecule has 21 heavy (non-hydrogen) atoms. The summed E-state index contributed by atoms with van der Waals surface area (Å²) < 4.78 is 5.68. The first kappa shape index (κ1) is 15.2. The van der Waals surface area contributed by atoms with Crippen molar-refractivity contribution in [2.45, 2.75) is 13.8 Å². The summed E-state index contributed by atoms with van der Waals surface area (Å²) in [6, 6.07) is 9.09. The summed E-state index contributed by atoms with van der Waals surface area (Å²) in [6.45, 7) is 4.81. The minimum absolute atomic E-state index is 0.0483. The number of benzene rings is 1. The Morgan fingerprint density at radius 2 is 2.19 bits per heavy atom. The number of ether oxygens (including phenoxy) is 1. The van der Waals surface area contributed by atoms with Crippen LogP contribution in [0.2, 0.25) is 0 Å². The van der Waals surface area contributed by atoms with Crippen molar-refractivity contribution in [3.63, 3.8) is 0 Å². The molecule has 2 rings (SSSR count). The van der Waals surface area contributed by atoms with Gasteiger partial charge in [-0.3, -0.25) is 4.79 Å². The van der Waals surface area contributed by atoms with E-state index in [1.54, 1.807) is 6.07 Å². The number of rotatable bonds is 5. The fourth-order valence-electron chi connectivity index (χ4n) is 1.74. The number of nitrogens with zero attached hydrogens (tertiary/aromatic N) is 1. The van der Waals surface area contributed by atoms with Crippen LogP contribution in [0.15, 0.2) is 35.1 Å². The largest absolute Gasteiger partial charge is 0.493 e. The average molecular weight is 303 g/mol. The molecule has 0 saturated carbocycles. The molecule has 110 valence electrons. The minimum Gasteiger partial charge on any atom is -0.493 e. The SMILES string of the molecule is CC(C)COc1cccc(-c2cc(C(N)=S)c(=O)[nH]n2)c1. The first-order valence-electron chi connectivity index (χ1n) is 6.60. The highest BCUT2D eigenvalue weighted by Gasteiger charge is 2.08. The van der Waals surface area contributed by atoms with Crippen LogP contribution in [0.1, 0.15) is 19.4 Å². The lowest BCUT2D eigenvalue weighted by atomic mass is 10.1. The molecule has 2 aromatic rings. The third-order valence-corrected chi connectivity index (χ3v) is 3.00. The Balaban J connectivity index is 2.34. The second kappa shape index (κ2) is 6.49. The first-order valence-corrected chi connectivity index (χ1v) is 7.01. The number of aromatic amines is 1. The molecule has 6 heteroatoms. The van der Waals surface area contributed by atoms with Gasteiger partial charge in [-0.05, 0) is 24.1 Å². The molecule has 1 heterocycles. The zero-order valence-electron chi connectivity index (χ0n) is 11.9. The predicted molar refractivity (Wildman–Crippen MR) is 86.5 cm³/mol. The summed E-state index contributed by atoms with van der Waals surface area (Å²) in [7, 11) is 0. The number of hydrogen-bond acceptors (Lipinski definition) is 4. The van der Waals surface area contributed by atoms with Crippen LogP contribution in [-0.2, 0) is 0 Å². The summed E-state index contributed by atoms with van der Waals surface area (Å²) in [5.74, 6) is 1.20. The molecule has 0 atom stereocenters. The second-order valence-electron chi connectivity index (χ2n) is 5.09. The summed E-state index contributed by atoms with van der Waals surface area (Å²) in [5, 5.41) is 6.42. The molecular formula is C15H17N3O2S. The highest BCUT2D eigenvalue weighted by molar-refractivity contribution is 7.80. The quantitative estimate of drug-likeness (QED) is 0.827. The van der Waals surface area contributed by atoms with E-state index in [9.17, 15) is 4.79 Å². The van der Waals surface area contributed by atoms with Crippen molar-refractivity contribution in [2.24, 2.45) is 11.7 Å². The van der Waals surface area contributed by atoms with Gasteiger partial charge in [0.15, 0.2) is 0 Å². The maximum atomic E-state index is 11.6. The standard InChI is InChI=1S/C15H17N3O2S/c1-9(2)8-20-11-5-3-4-10(6-11)13-7-12(14(16)21)15(19)18-17-13/h3-7,9H,8H2,1-2H3,(H2,16,21)(H,18,19). The summed E-state index contributed by atoms with van der Waals surface area (Å²) >= 11 is 4.86. The van der Waals surface area contributed by atoms with Gasteiger partial charge in [-0.25, -0.2) is 5.10 Å². The van der Waals surface area contributed by atoms with Crippen LogP contribution >= 0.6 is 12.2 Å². The van der Waals surface area contributed by atoms with E-state index in [-0.39, 0.29) is 10.6 Å². The number of nitrogens with two attached hydrogens (primary N) is 1. The van der Waals surface area contributed by atoms with Crippen molar-refractivity contribution in [3.8, 4) is 17.0 Å². The minimum atomic E-state index is -0.390. The smallest absolute Gasteiger partial charge is 0.274 e. The Hall–Kier alpha value is -2.21. The van der Waals surface area contributed by atoms with Gasteiger partial charge in [-0.2, -0.15) is 5.10 Å². The predicted octanol–water partition coefficient (Wildman–Crippen LogP) is 2.11. The van der Waals surface area contributed by atoms with E-state index < -0.39 is 5.56 Å². The van der Waals surface area contributed by atoms with Gasteiger partial charge in [0.25, 0.3) is 5.56 Å². The molecule has 5 nitrogen and oxygen atoms in total. The van der Waals surface area contributed by atoms with Gasteiger partial charge in [-0.15, -0.1) is 0 Å². The molecule has 0 spiro atoms. The zero-order valence-corrected chi connectivity index (χ0v) is 12.7. The van der Waals surface area contributed by atoms with E-state index in [1.807, 2.05) is 24.3 Å². The summed E-state index contributed by atoms with van der Waals surface area (Å²) in [5.41, 5.74) is 6.81. The number of thiocarbonyl (C=S) groups is 1. The summed E-state index contributed by atoms with van der Waals surface area (Å²) in [6.07, 6.45) is 0.